The first-order valence-electron chi connectivity index (χ1n) is 6.91. The lowest BCUT2D eigenvalue weighted by Gasteiger charge is -2.37. The molecule has 2 N–H and O–H groups in total. The maximum Gasteiger partial charge on any atom is 0.258 e. The van der Waals surface area contributed by atoms with Crippen molar-refractivity contribution in [3.63, 3.8) is 0 Å². The van der Waals surface area contributed by atoms with Crippen molar-refractivity contribution in [2.75, 3.05) is 6.61 Å². The van der Waals surface area contributed by atoms with Gasteiger partial charge in [-0.1, -0.05) is 19.1 Å². The lowest BCUT2D eigenvalue weighted by atomic mass is 9.86. The van der Waals surface area contributed by atoms with Gasteiger partial charge < -0.3 is 15.2 Å². The Morgan fingerprint density at radius 1 is 1.30 bits per heavy atom. The number of carbonyl (C=O) groups excluding carboxylic acids is 1. The number of carbonyl (C=O) groups is 1. The highest BCUT2D eigenvalue weighted by Gasteiger charge is 2.36. The third-order valence-corrected chi connectivity index (χ3v) is 3.66. The van der Waals surface area contributed by atoms with Crippen LogP contribution in [0, 0.1) is 0 Å². The van der Waals surface area contributed by atoms with Crippen LogP contribution in [0.3, 0.4) is 0 Å². The van der Waals surface area contributed by atoms with E-state index in [9.17, 15) is 9.90 Å². The van der Waals surface area contributed by atoms with Crippen LogP contribution >= 0.6 is 0 Å². The molecule has 4 heteroatoms. The molecule has 1 aromatic rings. The largest absolute Gasteiger partial charge is 0.484 e. The molecule has 0 saturated heterocycles. The molecule has 1 amide bonds. The minimum absolute atomic E-state index is 0.0628. The van der Waals surface area contributed by atoms with Crippen molar-refractivity contribution in [2.45, 2.75) is 52.2 Å². The third kappa shape index (κ3) is 4.53. The van der Waals surface area contributed by atoms with Gasteiger partial charge in [0.2, 0.25) is 0 Å². The molecule has 0 radical (unpaired) electrons. The number of hydrogen-bond donors (Lipinski definition) is 2. The van der Waals surface area contributed by atoms with Crippen molar-refractivity contribution in [1.29, 1.82) is 0 Å². The number of benzene rings is 1. The number of hydrogen-bond acceptors (Lipinski definition) is 3. The minimum Gasteiger partial charge on any atom is -0.484 e. The SMILES string of the molecule is CCc1cccc(OCC(=O)NC(C)(C)C(C)(C)O)c1. The lowest BCUT2D eigenvalue weighted by molar-refractivity contribution is -0.128. The summed E-state index contributed by atoms with van der Waals surface area (Å²) in [4.78, 5) is 11.9. The Balaban J connectivity index is 2.55. The van der Waals surface area contributed by atoms with E-state index in [4.69, 9.17) is 4.74 Å². The minimum atomic E-state index is -1.01. The molecule has 1 aromatic carbocycles. The van der Waals surface area contributed by atoms with E-state index >= 15 is 0 Å². The van der Waals surface area contributed by atoms with Gasteiger partial charge >= 0.3 is 0 Å². The van der Waals surface area contributed by atoms with Gasteiger partial charge in [0, 0.05) is 0 Å². The van der Waals surface area contributed by atoms with Gasteiger partial charge in [-0.05, 0) is 51.8 Å². The number of amides is 1. The second-order valence-corrected chi connectivity index (χ2v) is 6.02. The molecule has 0 aliphatic heterocycles. The van der Waals surface area contributed by atoms with Crippen LogP contribution in [0.25, 0.3) is 0 Å². The fourth-order valence-corrected chi connectivity index (χ4v) is 1.54. The fraction of sp³-hybridized carbons (Fsp3) is 0.562. The topological polar surface area (TPSA) is 58.6 Å². The van der Waals surface area contributed by atoms with Crippen LogP contribution in [0.15, 0.2) is 24.3 Å². The van der Waals surface area contributed by atoms with Crippen LogP contribution in [0.4, 0.5) is 0 Å². The van der Waals surface area contributed by atoms with E-state index in [1.54, 1.807) is 27.7 Å². The highest BCUT2D eigenvalue weighted by atomic mass is 16.5. The molecule has 0 aliphatic rings. The zero-order valence-electron chi connectivity index (χ0n) is 13.0. The molecule has 1 rings (SSSR count). The van der Waals surface area contributed by atoms with E-state index in [0.29, 0.717) is 5.75 Å². The van der Waals surface area contributed by atoms with Crippen molar-refractivity contribution < 1.29 is 14.6 Å². The first-order chi connectivity index (χ1) is 9.15. The van der Waals surface area contributed by atoms with E-state index < -0.39 is 11.1 Å². The molecule has 20 heavy (non-hydrogen) atoms. The predicted molar refractivity (Wildman–Crippen MR) is 79.8 cm³/mol. The molecule has 0 bridgehead atoms. The van der Waals surface area contributed by atoms with Crippen molar-refractivity contribution >= 4 is 5.91 Å². The average Bonchev–Trinajstić information content (AvgIpc) is 2.35. The molecule has 0 unspecified atom stereocenters. The molecule has 0 aromatic heterocycles. The summed E-state index contributed by atoms with van der Waals surface area (Å²) >= 11 is 0. The van der Waals surface area contributed by atoms with E-state index in [-0.39, 0.29) is 12.5 Å². The monoisotopic (exact) mass is 279 g/mol. The quantitative estimate of drug-likeness (QED) is 0.840. The molecule has 0 atom stereocenters. The van der Waals surface area contributed by atoms with Crippen molar-refractivity contribution in [1.82, 2.24) is 5.32 Å². The first kappa shape index (κ1) is 16.5. The Hall–Kier alpha value is -1.55. The van der Waals surface area contributed by atoms with Gasteiger partial charge in [0.25, 0.3) is 5.91 Å². The maximum atomic E-state index is 11.9. The molecular formula is C16H25NO3. The molecule has 4 nitrogen and oxygen atoms in total. The molecule has 0 heterocycles. The number of rotatable bonds is 6. The number of aryl methyl sites for hydroxylation is 1. The Bertz CT molecular complexity index is 461. The van der Waals surface area contributed by atoms with E-state index in [0.717, 1.165) is 6.42 Å². The van der Waals surface area contributed by atoms with Crippen LogP contribution in [0.1, 0.15) is 40.2 Å². The number of ether oxygens (including phenoxy) is 1. The van der Waals surface area contributed by atoms with Crippen molar-refractivity contribution in [3.8, 4) is 5.75 Å². The van der Waals surface area contributed by atoms with Crippen LogP contribution in [-0.2, 0) is 11.2 Å². The van der Waals surface area contributed by atoms with Crippen LogP contribution in [-0.4, -0.2) is 28.8 Å². The summed E-state index contributed by atoms with van der Waals surface area (Å²) in [5.74, 6) is 0.430. The second kappa shape index (κ2) is 6.27. The summed E-state index contributed by atoms with van der Waals surface area (Å²) in [6, 6.07) is 7.68. The van der Waals surface area contributed by atoms with Gasteiger partial charge in [0.1, 0.15) is 5.75 Å². The molecule has 112 valence electrons. The first-order valence-corrected chi connectivity index (χ1v) is 6.91. The number of aliphatic hydroxyl groups is 1. The van der Waals surface area contributed by atoms with Gasteiger partial charge in [-0.3, -0.25) is 4.79 Å². The second-order valence-electron chi connectivity index (χ2n) is 6.02. The lowest BCUT2D eigenvalue weighted by Crippen LogP contribution is -2.58. The van der Waals surface area contributed by atoms with Gasteiger partial charge in [-0.25, -0.2) is 0 Å². The Labute approximate surface area is 121 Å². The average molecular weight is 279 g/mol. The van der Waals surface area contributed by atoms with Crippen molar-refractivity contribution in [2.24, 2.45) is 0 Å². The van der Waals surface area contributed by atoms with Gasteiger partial charge in [0.15, 0.2) is 6.61 Å². The Morgan fingerprint density at radius 3 is 2.50 bits per heavy atom. The maximum absolute atomic E-state index is 11.9. The Kier molecular flexibility index (Phi) is 5.17. The molecular weight excluding hydrogens is 254 g/mol. The van der Waals surface area contributed by atoms with Crippen LogP contribution in [0.5, 0.6) is 5.75 Å². The summed E-state index contributed by atoms with van der Waals surface area (Å²) in [5, 5.41) is 12.8. The summed E-state index contributed by atoms with van der Waals surface area (Å²) in [7, 11) is 0. The summed E-state index contributed by atoms with van der Waals surface area (Å²) in [6.45, 7) is 8.90. The van der Waals surface area contributed by atoms with Crippen LogP contribution < -0.4 is 10.1 Å². The highest BCUT2D eigenvalue weighted by molar-refractivity contribution is 5.78. The van der Waals surface area contributed by atoms with E-state index in [1.165, 1.54) is 5.56 Å². The summed E-state index contributed by atoms with van der Waals surface area (Å²) in [5.41, 5.74) is -0.566. The van der Waals surface area contributed by atoms with E-state index in [2.05, 4.69) is 12.2 Å². The standard InChI is InChI=1S/C16H25NO3/c1-6-12-8-7-9-13(10-12)20-11-14(18)17-15(2,3)16(4,5)19/h7-10,19H,6,11H2,1-5H3,(H,17,18). The van der Waals surface area contributed by atoms with E-state index in [1.807, 2.05) is 24.3 Å². The predicted octanol–water partition coefficient (Wildman–Crippen LogP) is 2.29. The van der Waals surface area contributed by atoms with Gasteiger partial charge in [-0.2, -0.15) is 0 Å². The molecule has 0 spiro atoms. The van der Waals surface area contributed by atoms with Crippen molar-refractivity contribution in [3.05, 3.63) is 29.8 Å². The Morgan fingerprint density at radius 2 is 1.95 bits per heavy atom. The number of nitrogens with one attached hydrogen (secondary N) is 1. The van der Waals surface area contributed by atoms with Gasteiger partial charge in [-0.15, -0.1) is 0 Å². The normalized spacial score (nSPS) is 12.1. The fourth-order valence-electron chi connectivity index (χ4n) is 1.54. The molecule has 0 fully saturated rings. The highest BCUT2D eigenvalue weighted by Crippen LogP contribution is 2.20. The molecule has 0 aliphatic carbocycles. The summed E-state index contributed by atoms with van der Waals surface area (Å²) in [6.07, 6.45) is 0.926. The smallest absolute Gasteiger partial charge is 0.258 e. The van der Waals surface area contributed by atoms with Crippen LogP contribution in [0.2, 0.25) is 0 Å². The summed E-state index contributed by atoms with van der Waals surface area (Å²) < 4.78 is 5.48. The van der Waals surface area contributed by atoms with Gasteiger partial charge in [0.05, 0.1) is 11.1 Å². The zero-order chi connectivity index (χ0) is 15.4. The zero-order valence-corrected chi connectivity index (χ0v) is 13.0. The third-order valence-electron chi connectivity index (χ3n) is 3.66. The molecule has 0 saturated carbocycles.